The maximum absolute atomic E-state index is 15.2. The van der Waals surface area contributed by atoms with E-state index in [0.717, 1.165) is 42.1 Å². The average molecular weight is 492 g/mol. The Kier molecular flexibility index (Phi) is 5.88. The Morgan fingerprint density at radius 2 is 2.06 bits per heavy atom. The zero-order valence-corrected chi connectivity index (χ0v) is 20.3. The minimum Gasteiger partial charge on any atom is -0.301 e. The maximum Gasteiger partial charge on any atom is 0.259 e. The van der Waals surface area contributed by atoms with Gasteiger partial charge in [0.05, 0.1) is 29.2 Å². The van der Waals surface area contributed by atoms with Crippen LogP contribution in [0.15, 0.2) is 42.0 Å². The summed E-state index contributed by atoms with van der Waals surface area (Å²) in [7, 11) is 0. The summed E-state index contributed by atoms with van der Waals surface area (Å²) >= 11 is 7.39. The second kappa shape index (κ2) is 8.85. The molecule has 0 radical (unpaired) electrons. The van der Waals surface area contributed by atoms with Crippen LogP contribution in [-0.2, 0) is 17.6 Å². The van der Waals surface area contributed by atoms with Gasteiger partial charge in [-0.15, -0.1) is 11.3 Å². The van der Waals surface area contributed by atoms with E-state index in [-0.39, 0.29) is 28.0 Å². The third kappa shape index (κ3) is 3.58. The van der Waals surface area contributed by atoms with Gasteiger partial charge in [-0.2, -0.15) is 0 Å². The van der Waals surface area contributed by atoms with Crippen molar-refractivity contribution in [3.8, 4) is 0 Å². The van der Waals surface area contributed by atoms with Crippen molar-refractivity contribution < 1.29 is 9.18 Å². The fraction of sp³-hybridized carbons (Fsp3) is 0.320. The van der Waals surface area contributed by atoms with E-state index in [4.69, 9.17) is 18.8 Å². The van der Waals surface area contributed by atoms with E-state index in [0.29, 0.717) is 12.8 Å². The van der Waals surface area contributed by atoms with Crippen molar-refractivity contribution in [3.63, 3.8) is 0 Å². The van der Waals surface area contributed by atoms with Gasteiger partial charge in [0.25, 0.3) is 5.91 Å². The summed E-state index contributed by atoms with van der Waals surface area (Å²) in [6, 6.07) is 6.92. The number of halogens is 1. The molecule has 3 aromatic rings. The fourth-order valence-corrected chi connectivity index (χ4v) is 5.77. The lowest BCUT2D eigenvalue weighted by atomic mass is 9.75. The van der Waals surface area contributed by atoms with Crippen molar-refractivity contribution >= 4 is 51.6 Å². The number of aryl methyl sites for hydroxylation is 2. The molecule has 6 nitrogen and oxygen atoms in total. The third-order valence-electron chi connectivity index (χ3n) is 6.67. The Morgan fingerprint density at radius 3 is 2.68 bits per heavy atom. The van der Waals surface area contributed by atoms with Crippen LogP contribution >= 0.6 is 23.6 Å². The quantitative estimate of drug-likeness (QED) is 0.324. The van der Waals surface area contributed by atoms with Crippen molar-refractivity contribution in [1.29, 1.82) is 0 Å². The molecule has 0 atom stereocenters. The zero-order chi connectivity index (χ0) is 23.9. The highest BCUT2D eigenvalue weighted by atomic mass is 32.1. The normalized spacial score (nSPS) is 16.7. The van der Waals surface area contributed by atoms with Gasteiger partial charge < -0.3 is 4.90 Å². The molecule has 0 bridgehead atoms. The van der Waals surface area contributed by atoms with Crippen molar-refractivity contribution in [2.24, 2.45) is 0 Å². The van der Waals surface area contributed by atoms with E-state index < -0.39 is 11.4 Å². The number of anilines is 2. The summed E-state index contributed by atoms with van der Waals surface area (Å²) in [6.45, 7) is 8.76. The molecule has 1 saturated carbocycles. The van der Waals surface area contributed by atoms with Crippen molar-refractivity contribution in [2.45, 2.75) is 51.0 Å². The number of rotatable bonds is 6. The van der Waals surface area contributed by atoms with E-state index in [1.54, 1.807) is 24.5 Å². The standard InChI is InChI=1S/C25H22FN5OS2/c1-16-19(27-2)9-10-20(22(16)26)30-23(32)25(11-4-12-25)31(24(30)33)18-8-7-17(29-15-18)5-3-6-21-28-13-14-34-21/h7-10,13-15H,3-6,11-12H2,1H3. The summed E-state index contributed by atoms with van der Waals surface area (Å²) in [6.07, 6.45) is 8.48. The first kappa shape index (κ1) is 22.6. The van der Waals surface area contributed by atoms with E-state index >= 15 is 4.39 Å². The summed E-state index contributed by atoms with van der Waals surface area (Å²) in [5.74, 6) is -0.806. The lowest BCUT2D eigenvalue weighted by Crippen LogP contribution is -2.55. The Morgan fingerprint density at radius 1 is 1.24 bits per heavy atom. The van der Waals surface area contributed by atoms with E-state index in [2.05, 4.69) is 14.8 Å². The number of benzene rings is 1. The molecule has 2 aromatic heterocycles. The van der Waals surface area contributed by atoms with Crippen LogP contribution in [0, 0.1) is 19.3 Å². The molecule has 9 heteroatoms. The Bertz CT molecular complexity index is 1300. The first-order valence-electron chi connectivity index (χ1n) is 11.1. The SMILES string of the molecule is [C-]#[N+]c1ccc(N2C(=O)C3(CCC3)N(c3ccc(CCCc4nccs4)nc3)C2=S)c(F)c1C. The molecule has 1 spiro atoms. The fourth-order valence-electron chi connectivity index (χ4n) is 4.64. The predicted molar refractivity (Wildman–Crippen MR) is 135 cm³/mol. The molecule has 2 fully saturated rings. The first-order valence-corrected chi connectivity index (χ1v) is 12.4. The van der Waals surface area contributed by atoms with Gasteiger partial charge in [-0.25, -0.2) is 14.2 Å². The van der Waals surface area contributed by atoms with Gasteiger partial charge in [0.15, 0.2) is 10.8 Å². The molecular weight excluding hydrogens is 469 g/mol. The van der Waals surface area contributed by atoms with Crippen LogP contribution in [0.4, 0.5) is 21.5 Å². The van der Waals surface area contributed by atoms with E-state index in [9.17, 15) is 4.79 Å². The molecule has 1 aliphatic carbocycles. The van der Waals surface area contributed by atoms with Crippen molar-refractivity contribution in [2.75, 3.05) is 9.80 Å². The highest BCUT2D eigenvalue weighted by Crippen LogP contribution is 2.48. The average Bonchev–Trinajstić information content (AvgIpc) is 3.40. The zero-order valence-electron chi connectivity index (χ0n) is 18.6. The molecule has 1 aliphatic heterocycles. The number of pyridine rings is 1. The molecule has 1 amide bonds. The smallest absolute Gasteiger partial charge is 0.259 e. The number of carbonyl (C=O) groups is 1. The summed E-state index contributed by atoms with van der Waals surface area (Å²) < 4.78 is 15.2. The van der Waals surface area contributed by atoms with Crippen LogP contribution in [0.1, 0.15) is 41.9 Å². The van der Waals surface area contributed by atoms with Crippen LogP contribution in [0.3, 0.4) is 0 Å². The Hall–Kier alpha value is -3.22. The third-order valence-corrected chi connectivity index (χ3v) is 7.87. The van der Waals surface area contributed by atoms with Crippen molar-refractivity contribution in [1.82, 2.24) is 9.97 Å². The number of carbonyl (C=O) groups excluding carboxylic acids is 1. The molecule has 1 saturated heterocycles. The van der Waals surface area contributed by atoms with Crippen LogP contribution in [0.25, 0.3) is 4.85 Å². The van der Waals surface area contributed by atoms with Crippen LogP contribution in [0.5, 0.6) is 0 Å². The van der Waals surface area contributed by atoms with Gasteiger partial charge in [-0.05, 0) is 81.4 Å². The number of thiazole rings is 1. The van der Waals surface area contributed by atoms with Gasteiger partial charge in [-0.1, -0.05) is 6.07 Å². The molecule has 0 N–H and O–H groups in total. The minimum absolute atomic E-state index is 0.0976. The van der Waals surface area contributed by atoms with Crippen molar-refractivity contribution in [3.05, 3.63) is 75.5 Å². The van der Waals surface area contributed by atoms with E-state index in [1.807, 2.05) is 28.6 Å². The second-order valence-corrected chi connectivity index (χ2v) is 9.93. The topological polar surface area (TPSA) is 53.7 Å². The second-order valence-electron chi connectivity index (χ2n) is 8.59. The van der Waals surface area contributed by atoms with Gasteiger partial charge in [0.2, 0.25) is 0 Å². The summed E-state index contributed by atoms with van der Waals surface area (Å²) in [5, 5.41) is 3.35. The highest BCUT2D eigenvalue weighted by Gasteiger charge is 2.60. The van der Waals surface area contributed by atoms with Gasteiger partial charge >= 0.3 is 0 Å². The molecule has 5 rings (SSSR count). The lowest BCUT2D eigenvalue weighted by Gasteiger charge is -2.42. The molecule has 34 heavy (non-hydrogen) atoms. The maximum atomic E-state index is 15.2. The molecule has 1 aromatic carbocycles. The number of hydrogen-bond donors (Lipinski definition) is 0. The minimum atomic E-state index is -0.802. The monoisotopic (exact) mass is 491 g/mol. The van der Waals surface area contributed by atoms with Gasteiger partial charge in [0, 0.05) is 17.3 Å². The number of nitrogens with zero attached hydrogens (tertiary/aromatic N) is 5. The lowest BCUT2D eigenvalue weighted by molar-refractivity contribution is -0.123. The Balaban J connectivity index is 1.41. The van der Waals surface area contributed by atoms with Crippen LogP contribution < -0.4 is 9.80 Å². The molecular formula is C25H22FN5OS2. The number of aromatic nitrogens is 2. The number of thiocarbonyl (C=S) groups is 1. The van der Waals surface area contributed by atoms with Gasteiger partial charge in [-0.3, -0.25) is 14.7 Å². The molecule has 172 valence electrons. The molecule has 0 unspecified atom stereocenters. The molecule has 3 heterocycles. The highest BCUT2D eigenvalue weighted by molar-refractivity contribution is 7.81. The summed E-state index contributed by atoms with van der Waals surface area (Å²) in [5.41, 5.74) is 1.44. The van der Waals surface area contributed by atoms with Crippen LogP contribution in [0.2, 0.25) is 0 Å². The first-order chi connectivity index (χ1) is 16.5. The van der Waals surface area contributed by atoms with Crippen LogP contribution in [-0.4, -0.2) is 26.5 Å². The summed E-state index contributed by atoms with van der Waals surface area (Å²) in [4.78, 5) is 29.0. The largest absolute Gasteiger partial charge is 0.301 e. The molecule has 2 aliphatic rings. The van der Waals surface area contributed by atoms with E-state index in [1.165, 1.54) is 17.0 Å². The number of hydrogen-bond acceptors (Lipinski definition) is 5. The Labute approximate surface area is 206 Å². The van der Waals surface area contributed by atoms with Gasteiger partial charge in [0.1, 0.15) is 11.4 Å². The number of amides is 1. The predicted octanol–water partition coefficient (Wildman–Crippen LogP) is 5.77.